The maximum Gasteiger partial charge on any atom is 0.277 e. The van der Waals surface area contributed by atoms with E-state index >= 15 is 0 Å². The fourth-order valence-electron chi connectivity index (χ4n) is 1.99. The van der Waals surface area contributed by atoms with Gasteiger partial charge in [0, 0.05) is 4.47 Å². The van der Waals surface area contributed by atoms with E-state index in [9.17, 15) is 13.6 Å². The number of alkyl halides is 2. The molecule has 1 amide bonds. The fourth-order valence-corrected chi connectivity index (χ4v) is 2.26. The number of benzene rings is 1. The van der Waals surface area contributed by atoms with Crippen molar-refractivity contribution in [2.45, 2.75) is 24.2 Å². The van der Waals surface area contributed by atoms with E-state index in [0.29, 0.717) is 12.8 Å². The molecule has 2 rings (SSSR count). The standard InChI is InChI=1S/C13H15BrF2N2O.ClH/c14-10-3-1-9(2-4-10)12(5-6-12)11(19)18-8-13(15,16)7-17;/h1-4H,5-8,17H2,(H,18,19);1H. The van der Waals surface area contributed by atoms with Gasteiger partial charge in [-0.05, 0) is 30.5 Å². The second kappa shape index (κ2) is 6.37. The molecule has 0 aromatic heterocycles. The summed E-state index contributed by atoms with van der Waals surface area (Å²) in [5, 5.41) is 2.31. The molecule has 1 aromatic carbocycles. The molecule has 1 aromatic rings. The van der Waals surface area contributed by atoms with Crippen LogP contribution in [0.2, 0.25) is 0 Å². The minimum Gasteiger partial charge on any atom is -0.349 e. The van der Waals surface area contributed by atoms with Gasteiger partial charge in [0.15, 0.2) is 0 Å². The Balaban J connectivity index is 0.00000200. The smallest absolute Gasteiger partial charge is 0.277 e. The first-order valence-electron chi connectivity index (χ1n) is 6.02. The molecular weight excluding hydrogens is 354 g/mol. The molecule has 0 aliphatic heterocycles. The van der Waals surface area contributed by atoms with Crippen LogP contribution in [0.5, 0.6) is 0 Å². The summed E-state index contributed by atoms with van der Waals surface area (Å²) in [6.45, 7) is -1.47. The van der Waals surface area contributed by atoms with Gasteiger partial charge >= 0.3 is 0 Å². The zero-order chi connectivity index (χ0) is 14.1. The molecule has 0 saturated heterocycles. The Labute approximate surface area is 130 Å². The van der Waals surface area contributed by atoms with Crippen LogP contribution in [-0.2, 0) is 10.2 Å². The van der Waals surface area contributed by atoms with Crippen LogP contribution < -0.4 is 11.1 Å². The van der Waals surface area contributed by atoms with Crippen molar-refractivity contribution >= 4 is 34.2 Å². The van der Waals surface area contributed by atoms with Gasteiger partial charge in [0.2, 0.25) is 5.91 Å². The van der Waals surface area contributed by atoms with Gasteiger partial charge in [0.1, 0.15) is 0 Å². The summed E-state index contributed by atoms with van der Waals surface area (Å²) in [4.78, 5) is 12.1. The van der Waals surface area contributed by atoms with Crippen molar-refractivity contribution in [1.82, 2.24) is 5.32 Å². The summed E-state index contributed by atoms with van der Waals surface area (Å²) in [5.74, 6) is -3.39. The van der Waals surface area contributed by atoms with E-state index in [0.717, 1.165) is 10.0 Å². The van der Waals surface area contributed by atoms with Crippen LogP contribution in [0.25, 0.3) is 0 Å². The number of amides is 1. The van der Waals surface area contributed by atoms with E-state index in [2.05, 4.69) is 21.2 Å². The molecule has 1 fully saturated rings. The quantitative estimate of drug-likeness (QED) is 0.838. The highest BCUT2D eigenvalue weighted by atomic mass is 79.9. The number of nitrogens with one attached hydrogen (secondary N) is 1. The van der Waals surface area contributed by atoms with Crippen LogP contribution in [0, 0.1) is 0 Å². The number of carbonyl (C=O) groups is 1. The minimum absolute atomic E-state index is 0. The summed E-state index contributed by atoms with van der Waals surface area (Å²) in [6.07, 6.45) is 1.38. The molecule has 0 unspecified atom stereocenters. The van der Waals surface area contributed by atoms with Crippen LogP contribution in [0.1, 0.15) is 18.4 Å². The van der Waals surface area contributed by atoms with Crippen molar-refractivity contribution in [2.75, 3.05) is 13.1 Å². The van der Waals surface area contributed by atoms with Crippen molar-refractivity contribution in [3.63, 3.8) is 0 Å². The highest BCUT2D eigenvalue weighted by Crippen LogP contribution is 2.48. The van der Waals surface area contributed by atoms with Crippen molar-refractivity contribution in [3.8, 4) is 0 Å². The topological polar surface area (TPSA) is 55.1 Å². The van der Waals surface area contributed by atoms with Gasteiger partial charge in [0.05, 0.1) is 18.5 Å². The second-order valence-corrected chi connectivity index (χ2v) is 5.75. The predicted octanol–water partition coefficient (Wildman–Crippen LogP) is 2.61. The van der Waals surface area contributed by atoms with Crippen molar-refractivity contribution in [1.29, 1.82) is 0 Å². The number of hydrogen-bond acceptors (Lipinski definition) is 2. The molecular formula is C13H16BrClF2N2O. The first-order chi connectivity index (χ1) is 8.89. The Morgan fingerprint density at radius 2 is 1.90 bits per heavy atom. The summed E-state index contributed by atoms with van der Waals surface area (Å²) in [5.41, 5.74) is 5.17. The third-order valence-electron chi connectivity index (χ3n) is 3.39. The number of nitrogens with two attached hydrogens (primary N) is 1. The third-order valence-corrected chi connectivity index (χ3v) is 3.92. The molecule has 3 N–H and O–H groups in total. The summed E-state index contributed by atoms with van der Waals surface area (Å²) in [6, 6.07) is 7.38. The van der Waals surface area contributed by atoms with Crippen LogP contribution in [0.4, 0.5) is 8.78 Å². The average molecular weight is 370 g/mol. The summed E-state index contributed by atoms with van der Waals surface area (Å²) >= 11 is 3.32. The highest BCUT2D eigenvalue weighted by molar-refractivity contribution is 9.10. The SMILES string of the molecule is Cl.NCC(F)(F)CNC(=O)C1(c2ccc(Br)cc2)CC1. The number of halogens is 4. The highest BCUT2D eigenvalue weighted by Gasteiger charge is 2.51. The summed E-state index contributed by atoms with van der Waals surface area (Å²) < 4.78 is 27.0. The van der Waals surface area contributed by atoms with E-state index in [1.807, 2.05) is 24.3 Å². The zero-order valence-electron chi connectivity index (χ0n) is 10.7. The summed E-state index contributed by atoms with van der Waals surface area (Å²) in [7, 11) is 0. The van der Waals surface area contributed by atoms with Gasteiger partial charge in [-0.3, -0.25) is 4.79 Å². The molecule has 1 aliphatic carbocycles. The van der Waals surface area contributed by atoms with E-state index in [4.69, 9.17) is 5.73 Å². The van der Waals surface area contributed by atoms with Crippen molar-refractivity contribution in [3.05, 3.63) is 34.3 Å². The maximum absolute atomic E-state index is 13.0. The molecule has 3 nitrogen and oxygen atoms in total. The predicted molar refractivity (Wildman–Crippen MR) is 79.3 cm³/mol. The number of carbonyl (C=O) groups excluding carboxylic acids is 1. The molecule has 112 valence electrons. The molecule has 0 heterocycles. The van der Waals surface area contributed by atoms with Gasteiger partial charge < -0.3 is 11.1 Å². The first kappa shape index (κ1) is 17.3. The Kier molecular flexibility index (Phi) is 5.52. The van der Waals surface area contributed by atoms with Gasteiger partial charge in [-0.25, -0.2) is 8.78 Å². The molecule has 1 aliphatic rings. The zero-order valence-corrected chi connectivity index (χ0v) is 13.1. The molecule has 0 atom stereocenters. The minimum atomic E-state index is -3.05. The van der Waals surface area contributed by atoms with Crippen LogP contribution >= 0.6 is 28.3 Å². The van der Waals surface area contributed by atoms with Crippen LogP contribution in [-0.4, -0.2) is 24.9 Å². The number of rotatable bonds is 5. The molecule has 0 bridgehead atoms. The average Bonchev–Trinajstić information content (AvgIpc) is 3.18. The van der Waals surface area contributed by atoms with Crippen LogP contribution in [0.3, 0.4) is 0 Å². The van der Waals surface area contributed by atoms with Crippen molar-refractivity contribution in [2.24, 2.45) is 5.73 Å². The molecule has 0 spiro atoms. The Morgan fingerprint density at radius 1 is 1.35 bits per heavy atom. The molecule has 0 radical (unpaired) electrons. The lowest BCUT2D eigenvalue weighted by atomic mass is 9.95. The Morgan fingerprint density at radius 3 is 2.35 bits per heavy atom. The second-order valence-electron chi connectivity index (χ2n) is 4.83. The van der Waals surface area contributed by atoms with Gasteiger partial charge in [-0.2, -0.15) is 0 Å². The van der Waals surface area contributed by atoms with E-state index in [-0.39, 0.29) is 18.3 Å². The lowest BCUT2D eigenvalue weighted by Gasteiger charge is -2.19. The largest absolute Gasteiger partial charge is 0.349 e. The molecule has 1 saturated carbocycles. The van der Waals surface area contributed by atoms with Crippen LogP contribution in [0.15, 0.2) is 28.7 Å². The number of hydrogen-bond donors (Lipinski definition) is 2. The molecule has 20 heavy (non-hydrogen) atoms. The third kappa shape index (κ3) is 3.68. The Bertz CT molecular complexity index is 478. The Hall–Kier alpha value is -0.720. The van der Waals surface area contributed by atoms with Gasteiger partial charge in [0.25, 0.3) is 5.92 Å². The van der Waals surface area contributed by atoms with E-state index in [1.165, 1.54) is 0 Å². The van der Waals surface area contributed by atoms with E-state index < -0.39 is 24.4 Å². The molecule has 7 heteroatoms. The van der Waals surface area contributed by atoms with Gasteiger partial charge in [-0.15, -0.1) is 12.4 Å². The lowest BCUT2D eigenvalue weighted by molar-refractivity contribution is -0.125. The van der Waals surface area contributed by atoms with E-state index in [1.54, 1.807) is 0 Å². The monoisotopic (exact) mass is 368 g/mol. The van der Waals surface area contributed by atoms with Gasteiger partial charge in [-0.1, -0.05) is 28.1 Å². The first-order valence-corrected chi connectivity index (χ1v) is 6.81. The lowest BCUT2D eigenvalue weighted by Crippen LogP contribution is -2.45. The van der Waals surface area contributed by atoms with Crippen molar-refractivity contribution < 1.29 is 13.6 Å². The maximum atomic E-state index is 13.0. The fraction of sp³-hybridized carbons (Fsp3) is 0.462. The normalized spacial score (nSPS) is 16.2.